The van der Waals surface area contributed by atoms with Crippen LogP contribution in [0.15, 0.2) is 85.1 Å². The summed E-state index contributed by atoms with van der Waals surface area (Å²) in [4.78, 5) is 37.7. The molecular formula is C51H84O6. The highest BCUT2D eigenvalue weighted by Crippen LogP contribution is 2.12. The van der Waals surface area contributed by atoms with Crippen LogP contribution in [0.3, 0.4) is 0 Å². The molecule has 0 radical (unpaired) electrons. The van der Waals surface area contributed by atoms with Gasteiger partial charge >= 0.3 is 17.9 Å². The van der Waals surface area contributed by atoms with Gasteiger partial charge in [0, 0.05) is 12.8 Å². The molecule has 324 valence electrons. The Morgan fingerprint density at radius 3 is 1.28 bits per heavy atom. The van der Waals surface area contributed by atoms with Crippen molar-refractivity contribution in [3.8, 4) is 0 Å². The largest absolute Gasteiger partial charge is 0.462 e. The van der Waals surface area contributed by atoms with Crippen LogP contribution < -0.4 is 0 Å². The molecule has 0 N–H and O–H groups in total. The van der Waals surface area contributed by atoms with E-state index in [1.807, 2.05) is 6.08 Å². The normalized spacial score (nSPS) is 12.8. The number of rotatable bonds is 40. The third-order valence-corrected chi connectivity index (χ3v) is 9.37. The summed E-state index contributed by atoms with van der Waals surface area (Å²) in [5, 5.41) is 0. The van der Waals surface area contributed by atoms with Gasteiger partial charge in [-0.3, -0.25) is 14.4 Å². The van der Waals surface area contributed by atoms with Gasteiger partial charge < -0.3 is 14.2 Å². The van der Waals surface area contributed by atoms with Crippen molar-refractivity contribution in [1.29, 1.82) is 0 Å². The van der Waals surface area contributed by atoms with Crippen LogP contribution in [0.1, 0.15) is 201 Å². The zero-order valence-electron chi connectivity index (χ0n) is 36.8. The molecule has 6 heteroatoms. The molecule has 0 aromatic rings. The molecule has 0 saturated heterocycles. The molecular weight excluding hydrogens is 709 g/mol. The minimum atomic E-state index is -0.821. The molecule has 0 fully saturated rings. The van der Waals surface area contributed by atoms with E-state index in [1.54, 1.807) is 6.08 Å². The van der Waals surface area contributed by atoms with Gasteiger partial charge in [-0.05, 0) is 89.9 Å². The van der Waals surface area contributed by atoms with E-state index in [-0.39, 0.29) is 31.6 Å². The van der Waals surface area contributed by atoms with Gasteiger partial charge in [0.15, 0.2) is 6.10 Å². The molecule has 0 rings (SSSR count). The lowest BCUT2D eigenvalue weighted by atomic mass is 10.1. The van der Waals surface area contributed by atoms with E-state index in [1.165, 1.54) is 57.8 Å². The molecule has 0 aliphatic carbocycles. The molecule has 0 bridgehead atoms. The first-order chi connectivity index (χ1) is 28.0. The van der Waals surface area contributed by atoms with Crippen molar-refractivity contribution in [3.63, 3.8) is 0 Å². The predicted molar refractivity (Wildman–Crippen MR) is 242 cm³/mol. The van der Waals surface area contributed by atoms with Gasteiger partial charge in [-0.2, -0.15) is 0 Å². The Morgan fingerprint density at radius 2 is 0.789 bits per heavy atom. The smallest absolute Gasteiger partial charge is 0.309 e. The van der Waals surface area contributed by atoms with Crippen molar-refractivity contribution in [3.05, 3.63) is 85.1 Å². The number of unbranched alkanes of at least 4 members (excludes halogenated alkanes) is 16. The number of carbonyl (C=O) groups is 3. The van der Waals surface area contributed by atoms with Crippen LogP contribution in [-0.2, 0) is 28.6 Å². The maximum absolute atomic E-state index is 12.7. The third-order valence-electron chi connectivity index (χ3n) is 9.37. The van der Waals surface area contributed by atoms with Gasteiger partial charge in [-0.15, -0.1) is 0 Å². The molecule has 0 spiro atoms. The number of ether oxygens (including phenoxy) is 3. The number of hydrogen-bond acceptors (Lipinski definition) is 6. The van der Waals surface area contributed by atoms with E-state index in [9.17, 15) is 14.4 Å². The highest BCUT2D eigenvalue weighted by molar-refractivity contribution is 5.72. The van der Waals surface area contributed by atoms with Crippen LogP contribution in [0.2, 0.25) is 0 Å². The molecule has 0 heterocycles. The maximum Gasteiger partial charge on any atom is 0.309 e. The lowest BCUT2D eigenvalue weighted by Gasteiger charge is -2.18. The highest BCUT2D eigenvalue weighted by atomic mass is 16.6. The van der Waals surface area contributed by atoms with Crippen molar-refractivity contribution >= 4 is 17.9 Å². The Labute approximate surface area is 350 Å². The van der Waals surface area contributed by atoms with Crippen LogP contribution in [0.4, 0.5) is 0 Å². The van der Waals surface area contributed by atoms with Crippen molar-refractivity contribution in [1.82, 2.24) is 0 Å². The van der Waals surface area contributed by atoms with E-state index in [2.05, 4.69) is 93.7 Å². The van der Waals surface area contributed by atoms with E-state index in [4.69, 9.17) is 14.2 Å². The summed E-state index contributed by atoms with van der Waals surface area (Å²) >= 11 is 0. The summed E-state index contributed by atoms with van der Waals surface area (Å²) < 4.78 is 16.6. The fourth-order valence-electron chi connectivity index (χ4n) is 5.92. The molecule has 0 aliphatic heterocycles. The van der Waals surface area contributed by atoms with E-state index >= 15 is 0 Å². The van der Waals surface area contributed by atoms with Gasteiger partial charge in [-0.1, -0.05) is 176 Å². The Bertz CT molecular complexity index is 1140. The van der Waals surface area contributed by atoms with Crippen molar-refractivity contribution in [2.24, 2.45) is 0 Å². The molecule has 1 unspecified atom stereocenters. The van der Waals surface area contributed by atoms with Gasteiger partial charge in [0.2, 0.25) is 0 Å². The van der Waals surface area contributed by atoms with E-state index in [0.29, 0.717) is 12.8 Å². The first kappa shape index (κ1) is 53.6. The highest BCUT2D eigenvalue weighted by Gasteiger charge is 2.19. The fraction of sp³-hybridized carbons (Fsp3) is 0.667. The summed E-state index contributed by atoms with van der Waals surface area (Å²) in [6, 6.07) is 0. The Balaban J connectivity index is 4.53. The van der Waals surface area contributed by atoms with Crippen LogP contribution in [0.5, 0.6) is 0 Å². The van der Waals surface area contributed by atoms with Gasteiger partial charge in [0.25, 0.3) is 0 Å². The third kappa shape index (κ3) is 43.6. The van der Waals surface area contributed by atoms with Gasteiger partial charge in [0.05, 0.1) is 6.42 Å². The summed E-state index contributed by atoms with van der Waals surface area (Å²) in [5.41, 5.74) is 0. The van der Waals surface area contributed by atoms with Crippen LogP contribution in [0, 0.1) is 0 Å². The van der Waals surface area contributed by atoms with Gasteiger partial charge in [-0.25, -0.2) is 0 Å². The van der Waals surface area contributed by atoms with Crippen molar-refractivity contribution in [2.45, 2.75) is 207 Å². The van der Waals surface area contributed by atoms with Gasteiger partial charge in [0.1, 0.15) is 13.2 Å². The van der Waals surface area contributed by atoms with E-state index in [0.717, 1.165) is 103 Å². The molecule has 0 aliphatic rings. The second-order valence-electron chi connectivity index (χ2n) is 14.9. The number of carbonyl (C=O) groups excluding carboxylic acids is 3. The SMILES string of the molecule is CC/C=C\C/C=C\C/C=C\C/C=C\C/C=C\CC(=O)OCC(COC(=O)CCCCCCC/C=C\CCC)OC(=O)CCCCCCC/C=C\CCCCCCC. The number of hydrogen-bond donors (Lipinski definition) is 0. The standard InChI is InChI=1S/C51H84O6/c1-4-7-10-13-16-19-22-24-26-28-29-32-35-38-41-44-50(53)56-47-48(46-55-49(52)43-40-37-34-31-21-18-15-12-9-6-3)57-51(54)45-42-39-36-33-30-27-25-23-20-17-14-11-8-5-2/h7,10,12,15-16,19,23-26,29,32,38,41,48H,4-6,8-9,11,13-14,17-18,20-22,27-28,30-31,33-37,39-40,42-47H2,1-3H3/b10-7-,15-12-,19-16-,25-23-,26-24-,32-29-,41-38-. The number of esters is 3. The average molecular weight is 793 g/mol. The Kier molecular flexibility index (Phi) is 42.6. The lowest BCUT2D eigenvalue weighted by molar-refractivity contribution is -0.166. The molecule has 0 saturated carbocycles. The first-order valence-corrected chi connectivity index (χ1v) is 23.1. The molecule has 0 amide bonds. The molecule has 57 heavy (non-hydrogen) atoms. The van der Waals surface area contributed by atoms with Crippen LogP contribution in [-0.4, -0.2) is 37.2 Å². The first-order valence-electron chi connectivity index (χ1n) is 23.1. The summed E-state index contributed by atoms with van der Waals surface area (Å²) in [6.45, 7) is 6.32. The number of allylic oxidation sites excluding steroid dienone is 13. The predicted octanol–water partition coefficient (Wildman–Crippen LogP) is 14.9. The van der Waals surface area contributed by atoms with Crippen LogP contribution in [0.25, 0.3) is 0 Å². The molecule has 6 nitrogen and oxygen atoms in total. The fourth-order valence-corrected chi connectivity index (χ4v) is 5.92. The van der Waals surface area contributed by atoms with Crippen molar-refractivity contribution < 1.29 is 28.6 Å². The molecule has 0 aromatic heterocycles. The maximum atomic E-state index is 12.7. The quantitative estimate of drug-likeness (QED) is 0.0266. The summed E-state index contributed by atoms with van der Waals surface area (Å²) in [6.07, 6.45) is 57.3. The molecule has 0 aromatic carbocycles. The minimum Gasteiger partial charge on any atom is -0.462 e. The average Bonchev–Trinajstić information content (AvgIpc) is 3.21. The Hall–Kier alpha value is -3.41. The zero-order chi connectivity index (χ0) is 41.5. The zero-order valence-corrected chi connectivity index (χ0v) is 36.8. The van der Waals surface area contributed by atoms with E-state index < -0.39 is 12.1 Å². The summed E-state index contributed by atoms with van der Waals surface area (Å²) in [5.74, 6) is -1.08. The lowest BCUT2D eigenvalue weighted by Crippen LogP contribution is -2.30. The second kappa shape index (κ2) is 45.3. The monoisotopic (exact) mass is 793 g/mol. The minimum absolute atomic E-state index is 0.115. The molecule has 1 atom stereocenters. The Morgan fingerprint density at radius 1 is 0.386 bits per heavy atom. The second-order valence-corrected chi connectivity index (χ2v) is 14.9. The van der Waals surface area contributed by atoms with Crippen LogP contribution >= 0.6 is 0 Å². The van der Waals surface area contributed by atoms with Crippen molar-refractivity contribution in [2.75, 3.05) is 13.2 Å². The topological polar surface area (TPSA) is 78.9 Å². The summed E-state index contributed by atoms with van der Waals surface area (Å²) in [7, 11) is 0.